The van der Waals surface area contributed by atoms with Crippen molar-refractivity contribution in [2.75, 3.05) is 5.33 Å². The van der Waals surface area contributed by atoms with E-state index in [4.69, 9.17) is 0 Å². The van der Waals surface area contributed by atoms with E-state index in [0.717, 1.165) is 11.9 Å². The maximum absolute atomic E-state index is 3.48. The minimum Gasteiger partial charge on any atom is -0.186 e. The van der Waals surface area contributed by atoms with Crippen LogP contribution >= 0.6 is 27.3 Å². The number of hydrogen-bond acceptors (Lipinski definition) is 1. The van der Waals surface area contributed by atoms with Gasteiger partial charge in [0.1, 0.15) is 11.2 Å². The standard InChI is InChI=1S/C12H15BrNS/c1-10-14(9-5-4-8-13)11-6-2-3-7-12(11)15-10/h2-3,6-7H,4-5,8-9H2,1H3/q+1. The van der Waals surface area contributed by atoms with E-state index in [2.05, 4.69) is 51.7 Å². The van der Waals surface area contributed by atoms with E-state index in [1.54, 1.807) is 0 Å². The molecule has 0 aliphatic heterocycles. The molecule has 80 valence electrons. The lowest BCUT2D eigenvalue weighted by Crippen LogP contribution is -2.34. The first kappa shape index (κ1) is 11.1. The van der Waals surface area contributed by atoms with Crippen molar-refractivity contribution in [3.63, 3.8) is 0 Å². The number of hydrogen-bond donors (Lipinski definition) is 0. The maximum Gasteiger partial charge on any atom is 0.235 e. The first-order valence-corrected chi connectivity index (χ1v) is 7.20. The summed E-state index contributed by atoms with van der Waals surface area (Å²) < 4.78 is 3.83. The second kappa shape index (κ2) is 5.08. The lowest BCUT2D eigenvalue weighted by Gasteiger charge is -1.95. The molecule has 0 aliphatic carbocycles. The Kier molecular flexibility index (Phi) is 3.76. The van der Waals surface area contributed by atoms with Crippen molar-refractivity contribution in [2.45, 2.75) is 26.3 Å². The van der Waals surface area contributed by atoms with Gasteiger partial charge in [0.15, 0.2) is 0 Å². The van der Waals surface area contributed by atoms with Gasteiger partial charge in [-0.2, -0.15) is 4.57 Å². The third-order valence-electron chi connectivity index (χ3n) is 2.56. The second-order valence-corrected chi connectivity index (χ2v) is 5.66. The first-order valence-electron chi connectivity index (χ1n) is 5.27. The van der Waals surface area contributed by atoms with Crippen LogP contribution in [0.1, 0.15) is 17.8 Å². The highest BCUT2D eigenvalue weighted by Gasteiger charge is 2.15. The number of thiazole rings is 1. The van der Waals surface area contributed by atoms with Crippen molar-refractivity contribution < 1.29 is 4.57 Å². The summed E-state index contributed by atoms with van der Waals surface area (Å²) >= 11 is 5.36. The second-order valence-electron chi connectivity index (χ2n) is 3.64. The fourth-order valence-electron chi connectivity index (χ4n) is 1.79. The first-order chi connectivity index (χ1) is 7.33. The predicted molar refractivity (Wildman–Crippen MR) is 69.8 cm³/mol. The van der Waals surface area contributed by atoms with Crippen molar-refractivity contribution in [3.8, 4) is 0 Å². The largest absolute Gasteiger partial charge is 0.235 e. The van der Waals surface area contributed by atoms with Crippen molar-refractivity contribution in [1.82, 2.24) is 0 Å². The molecule has 0 unspecified atom stereocenters. The summed E-state index contributed by atoms with van der Waals surface area (Å²) in [5.41, 5.74) is 1.38. The van der Waals surface area contributed by atoms with E-state index in [1.807, 2.05) is 11.3 Å². The zero-order valence-electron chi connectivity index (χ0n) is 8.87. The monoisotopic (exact) mass is 284 g/mol. The lowest BCUT2D eigenvalue weighted by molar-refractivity contribution is -0.673. The summed E-state index contributed by atoms with van der Waals surface area (Å²) in [7, 11) is 0. The van der Waals surface area contributed by atoms with Gasteiger partial charge in [0.05, 0.1) is 0 Å². The minimum absolute atomic E-state index is 1.11. The van der Waals surface area contributed by atoms with Crippen LogP contribution in [0.2, 0.25) is 0 Å². The molecule has 15 heavy (non-hydrogen) atoms. The van der Waals surface area contributed by atoms with Gasteiger partial charge < -0.3 is 0 Å². The van der Waals surface area contributed by atoms with E-state index < -0.39 is 0 Å². The number of aryl methyl sites for hydroxylation is 2. The fraction of sp³-hybridized carbons (Fsp3) is 0.417. The number of benzene rings is 1. The van der Waals surface area contributed by atoms with Crippen LogP contribution < -0.4 is 4.57 Å². The molecular formula is C12H15BrNS+. The van der Waals surface area contributed by atoms with Crippen molar-refractivity contribution in [1.29, 1.82) is 0 Å². The van der Waals surface area contributed by atoms with Crippen LogP contribution in [0, 0.1) is 6.92 Å². The zero-order valence-corrected chi connectivity index (χ0v) is 11.3. The Hall–Kier alpha value is -0.410. The van der Waals surface area contributed by atoms with Crippen molar-refractivity contribution in [2.24, 2.45) is 0 Å². The number of halogens is 1. The molecule has 0 fully saturated rings. The van der Waals surface area contributed by atoms with Gasteiger partial charge >= 0.3 is 0 Å². The molecule has 0 saturated heterocycles. The average molecular weight is 285 g/mol. The molecule has 0 aliphatic rings. The van der Waals surface area contributed by atoms with Gasteiger partial charge in [-0.3, -0.25) is 0 Å². The van der Waals surface area contributed by atoms with Crippen LogP contribution in [-0.2, 0) is 6.54 Å². The Bertz CT molecular complexity index is 450. The molecule has 0 N–H and O–H groups in total. The highest BCUT2D eigenvalue weighted by Crippen LogP contribution is 2.19. The van der Waals surface area contributed by atoms with Crippen LogP contribution in [0.3, 0.4) is 0 Å². The Balaban J connectivity index is 2.28. The molecule has 0 saturated carbocycles. The maximum atomic E-state index is 3.48. The summed E-state index contributed by atoms with van der Waals surface area (Å²) in [4.78, 5) is 0. The molecule has 1 nitrogen and oxygen atoms in total. The van der Waals surface area contributed by atoms with E-state index in [0.29, 0.717) is 0 Å². The van der Waals surface area contributed by atoms with Crippen LogP contribution in [0.15, 0.2) is 24.3 Å². The van der Waals surface area contributed by atoms with Crippen LogP contribution in [0.25, 0.3) is 10.2 Å². The topological polar surface area (TPSA) is 3.88 Å². The SMILES string of the molecule is Cc1sc2ccccc2[n+]1CCCCBr. The van der Waals surface area contributed by atoms with Gasteiger partial charge in [0, 0.05) is 24.7 Å². The van der Waals surface area contributed by atoms with E-state index in [-0.39, 0.29) is 0 Å². The molecule has 0 spiro atoms. The molecule has 0 amide bonds. The molecular weight excluding hydrogens is 270 g/mol. The predicted octanol–water partition coefficient (Wildman–Crippen LogP) is 3.67. The highest BCUT2D eigenvalue weighted by atomic mass is 79.9. The molecule has 0 radical (unpaired) electrons. The number of para-hydroxylation sites is 1. The molecule has 1 aromatic carbocycles. The Morgan fingerprint density at radius 2 is 2.07 bits per heavy atom. The third kappa shape index (κ3) is 2.40. The molecule has 2 aromatic rings. The van der Waals surface area contributed by atoms with Crippen molar-refractivity contribution in [3.05, 3.63) is 29.3 Å². The Morgan fingerprint density at radius 1 is 1.27 bits per heavy atom. The fourth-order valence-corrected chi connectivity index (χ4v) is 3.24. The molecule has 0 atom stereocenters. The summed E-state index contributed by atoms with van der Waals surface area (Å²) in [5, 5.41) is 2.51. The van der Waals surface area contributed by atoms with Crippen LogP contribution in [-0.4, -0.2) is 5.33 Å². The third-order valence-corrected chi connectivity index (χ3v) is 4.20. The normalized spacial score (nSPS) is 11.1. The number of nitrogens with zero attached hydrogens (tertiary/aromatic N) is 1. The summed E-state index contributed by atoms with van der Waals surface area (Å²) in [6.45, 7) is 3.35. The Morgan fingerprint density at radius 3 is 2.87 bits per heavy atom. The van der Waals surface area contributed by atoms with E-state index >= 15 is 0 Å². The van der Waals surface area contributed by atoms with Gasteiger partial charge in [-0.1, -0.05) is 39.4 Å². The van der Waals surface area contributed by atoms with Gasteiger partial charge in [0.2, 0.25) is 10.5 Å². The number of fused-ring (bicyclic) bond motifs is 1. The smallest absolute Gasteiger partial charge is 0.186 e. The average Bonchev–Trinajstić information content (AvgIpc) is 2.56. The van der Waals surface area contributed by atoms with Crippen LogP contribution in [0.4, 0.5) is 0 Å². The quantitative estimate of drug-likeness (QED) is 0.458. The number of aromatic nitrogens is 1. The highest BCUT2D eigenvalue weighted by molar-refractivity contribution is 9.09. The van der Waals surface area contributed by atoms with Crippen LogP contribution in [0.5, 0.6) is 0 Å². The molecule has 2 rings (SSSR count). The van der Waals surface area contributed by atoms with E-state index in [9.17, 15) is 0 Å². The van der Waals surface area contributed by atoms with Gasteiger partial charge in [-0.25, -0.2) is 0 Å². The Labute approximate surface area is 103 Å². The number of rotatable bonds is 4. The summed E-state index contributed by atoms with van der Waals surface area (Å²) in [6, 6.07) is 8.65. The molecule has 0 bridgehead atoms. The van der Waals surface area contributed by atoms with Gasteiger partial charge in [-0.15, -0.1) is 0 Å². The van der Waals surface area contributed by atoms with Crippen molar-refractivity contribution >= 4 is 37.5 Å². The number of alkyl halides is 1. The lowest BCUT2D eigenvalue weighted by atomic mass is 10.3. The molecule has 3 heteroatoms. The van der Waals surface area contributed by atoms with E-state index in [1.165, 1.54) is 28.1 Å². The minimum atomic E-state index is 1.11. The summed E-state index contributed by atoms with van der Waals surface area (Å²) in [5.74, 6) is 0. The van der Waals surface area contributed by atoms with Gasteiger partial charge in [0.25, 0.3) is 0 Å². The molecule has 1 heterocycles. The number of unbranched alkanes of at least 4 members (excludes halogenated alkanes) is 1. The van der Waals surface area contributed by atoms with Gasteiger partial charge in [-0.05, 0) is 12.5 Å². The molecule has 1 aromatic heterocycles. The zero-order chi connectivity index (χ0) is 10.7. The summed E-state index contributed by atoms with van der Waals surface area (Å²) in [6.07, 6.45) is 2.49.